The van der Waals surface area contributed by atoms with Crippen LogP contribution in [0.15, 0.2) is 41.2 Å². The molecule has 1 aromatic carbocycles. The van der Waals surface area contributed by atoms with E-state index in [2.05, 4.69) is 34.7 Å². The van der Waals surface area contributed by atoms with Gasteiger partial charge in [-0.15, -0.1) is 0 Å². The summed E-state index contributed by atoms with van der Waals surface area (Å²) in [4.78, 5) is 12.1. The fraction of sp³-hybridized carbons (Fsp3) is 0.444. The molecule has 2 aliphatic rings. The lowest BCUT2D eigenvalue weighted by atomic mass is 10.1. The predicted molar refractivity (Wildman–Crippen MR) is 87.7 cm³/mol. The van der Waals surface area contributed by atoms with Gasteiger partial charge in [-0.3, -0.25) is 4.79 Å². The zero-order chi connectivity index (χ0) is 15.8. The molecule has 5 heteroatoms. The van der Waals surface area contributed by atoms with Crippen molar-refractivity contribution in [2.24, 2.45) is 0 Å². The summed E-state index contributed by atoms with van der Waals surface area (Å²) in [5, 5.41) is 8.10. The summed E-state index contributed by atoms with van der Waals surface area (Å²) in [7, 11) is 0. The van der Waals surface area contributed by atoms with Gasteiger partial charge >= 0.3 is 0 Å². The van der Waals surface area contributed by atoms with E-state index in [-0.39, 0.29) is 17.6 Å². The molecule has 2 aromatic rings. The molecule has 23 heavy (non-hydrogen) atoms. The maximum atomic E-state index is 12.1. The highest BCUT2D eigenvalue weighted by atomic mass is 16.5. The first-order valence-electron chi connectivity index (χ1n) is 8.18. The largest absolute Gasteiger partial charge is 0.377 e. The first kappa shape index (κ1) is 14.6. The van der Waals surface area contributed by atoms with Crippen LogP contribution in [-0.4, -0.2) is 35.1 Å². The van der Waals surface area contributed by atoms with Crippen molar-refractivity contribution in [3.8, 4) is 0 Å². The molecule has 1 aromatic heterocycles. The lowest BCUT2D eigenvalue weighted by Crippen LogP contribution is -2.46. The number of hydrogen-bond acceptors (Lipinski definition) is 4. The van der Waals surface area contributed by atoms with Gasteiger partial charge < -0.3 is 10.1 Å². The zero-order valence-electron chi connectivity index (χ0n) is 13.2. The highest BCUT2D eigenvalue weighted by molar-refractivity contribution is 5.33. The van der Waals surface area contributed by atoms with E-state index in [1.54, 1.807) is 16.8 Å². The third-order valence-electron chi connectivity index (χ3n) is 4.82. The smallest absolute Gasteiger partial charge is 0.267 e. The molecule has 0 spiro atoms. The molecule has 2 heterocycles. The number of ether oxygens (including phenoxy) is 1. The van der Waals surface area contributed by atoms with Crippen molar-refractivity contribution >= 4 is 0 Å². The van der Waals surface area contributed by atoms with Crippen LogP contribution < -0.4 is 10.9 Å². The summed E-state index contributed by atoms with van der Waals surface area (Å²) in [5.74, 6) is 0. The zero-order valence-corrected chi connectivity index (χ0v) is 13.2. The second-order valence-corrected chi connectivity index (χ2v) is 6.51. The molecule has 0 saturated carbocycles. The molecular formula is C18H21N3O2. The molecular weight excluding hydrogens is 290 g/mol. The molecule has 1 fully saturated rings. The lowest BCUT2D eigenvalue weighted by Gasteiger charge is -2.24. The second-order valence-electron chi connectivity index (χ2n) is 6.51. The van der Waals surface area contributed by atoms with Gasteiger partial charge in [-0.05, 0) is 37.0 Å². The highest BCUT2D eigenvalue weighted by Gasteiger charge is 2.34. The van der Waals surface area contributed by atoms with Gasteiger partial charge in [-0.25, -0.2) is 4.68 Å². The van der Waals surface area contributed by atoms with Crippen LogP contribution in [0.5, 0.6) is 0 Å². The van der Waals surface area contributed by atoms with Crippen LogP contribution >= 0.6 is 0 Å². The van der Waals surface area contributed by atoms with Crippen LogP contribution in [0.3, 0.4) is 0 Å². The van der Waals surface area contributed by atoms with Gasteiger partial charge in [0.2, 0.25) is 0 Å². The van der Waals surface area contributed by atoms with Crippen LogP contribution in [-0.2, 0) is 17.6 Å². The quantitative estimate of drug-likeness (QED) is 0.927. The van der Waals surface area contributed by atoms with Crippen LogP contribution in [0.4, 0.5) is 0 Å². The van der Waals surface area contributed by atoms with E-state index in [1.165, 1.54) is 11.1 Å². The lowest BCUT2D eigenvalue weighted by molar-refractivity contribution is 0.180. The maximum Gasteiger partial charge on any atom is 0.267 e. The van der Waals surface area contributed by atoms with Gasteiger partial charge in [0.05, 0.1) is 31.0 Å². The highest BCUT2D eigenvalue weighted by Crippen LogP contribution is 2.24. The van der Waals surface area contributed by atoms with Crippen LogP contribution in [0.2, 0.25) is 0 Å². The first-order chi connectivity index (χ1) is 11.2. The van der Waals surface area contributed by atoms with Crippen molar-refractivity contribution in [2.75, 3.05) is 13.2 Å². The molecule has 120 valence electrons. The minimum absolute atomic E-state index is 0.0360. The molecule has 0 bridgehead atoms. The average Bonchev–Trinajstić information content (AvgIpc) is 3.16. The van der Waals surface area contributed by atoms with Gasteiger partial charge in [-0.2, -0.15) is 5.10 Å². The van der Waals surface area contributed by atoms with Crippen molar-refractivity contribution < 1.29 is 4.74 Å². The SMILES string of the molecule is Cc1ccc(=O)n(C2COCC2NC2Cc3ccccc3C2)n1. The van der Waals surface area contributed by atoms with Crippen molar-refractivity contribution in [3.63, 3.8) is 0 Å². The molecule has 1 aliphatic carbocycles. The number of nitrogens with one attached hydrogen (secondary N) is 1. The first-order valence-corrected chi connectivity index (χ1v) is 8.18. The summed E-state index contributed by atoms with van der Waals surface area (Å²) >= 11 is 0. The van der Waals surface area contributed by atoms with E-state index in [9.17, 15) is 4.79 Å². The van der Waals surface area contributed by atoms with Crippen LogP contribution in [0.25, 0.3) is 0 Å². The molecule has 2 atom stereocenters. The fourth-order valence-electron chi connectivity index (χ4n) is 3.68. The molecule has 1 N–H and O–H groups in total. The number of rotatable bonds is 3. The normalized spacial score (nSPS) is 24.0. The van der Waals surface area contributed by atoms with Gasteiger partial charge in [0, 0.05) is 12.1 Å². The van der Waals surface area contributed by atoms with Gasteiger partial charge in [0.1, 0.15) is 0 Å². The number of aryl methyl sites for hydroxylation is 1. The minimum Gasteiger partial charge on any atom is -0.377 e. The number of benzene rings is 1. The topological polar surface area (TPSA) is 56.1 Å². The Hall–Kier alpha value is -1.98. The molecule has 1 aliphatic heterocycles. The Morgan fingerprint density at radius 3 is 2.61 bits per heavy atom. The van der Waals surface area contributed by atoms with Crippen molar-refractivity contribution in [1.29, 1.82) is 0 Å². The Kier molecular flexibility index (Phi) is 3.75. The summed E-state index contributed by atoms with van der Waals surface area (Å²) in [6.45, 7) is 3.06. The van der Waals surface area contributed by atoms with E-state index >= 15 is 0 Å². The number of aromatic nitrogens is 2. The molecule has 2 unspecified atom stereocenters. The Morgan fingerprint density at radius 1 is 1.13 bits per heavy atom. The molecule has 0 amide bonds. The van der Waals surface area contributed by atoms with E-state index in [1.807, 2.05) is 6.92 Å². The van der Waals surface area contributed by atoms with Crippen molar-refractivity contribution in [1.82, 2.24) is 15.1 Å². The van der Waals surface area contributed by atoms with Gasteiger partial charge in [-0.1, -0.05) is 24.3 Å². The maximum absolute atomic E-state index is 12.1. The Balaban J connectivity index is 1.51. The molecule has 1 saturated heterocycles. The predicted octanol–water partition coefficient (Wildman–Crippen LogP) is 1.25. The van der Waals surface area contributed by atoms with E-state index in [0.29, 0.717) is 19.3 Å². The van der Waals surface area contributed by atoms with Crippen LogP contribution in [0, 0.1) is 6.92 Å². The summed E-state index contributed by atoms with van der Waals surface area (Å²) < 4.78 is 7.23. The van der Waals surface area contributed by atoms with Gasteiger partial charge in [0.15, 0.2) is 0 Å². The number of hydrogen-bond donors (Lipinski definition) is 1. The van der Waals surface area contributed by atoms with Gasteiger partial charge in [0.25, 0.3) is 5.56 Å². The monoisotopic (exact) mass is 311 g/mol. The third kappa shape index (κ3) is 2.82. The average molecular weight is 311 g/mol. The van der Waals surface area contributed by atoms with E-state index < -0.39 is 0 Å². The standard InChI is InChI=1S/C18H21N3O2/c1-12-6-7-18(22)21(20-12)17-11-23-10-16(17)19-15-8-13-4-2-3-5-14(13)9-15/h2-7,15-17,19H,8-11H2,1H3. The summed E-state index contributed by atoms with van der Waals surface area (Å²) in [5.41, 5.74) is 3.63. The Labute approximate surface area is 135 Å². The third-order valence-corrected chi connectivity index (χ3v) is 4.82. The molecule has 0 radical (unpaired) electrons. The minimum atomic E-state index is -0.0624. The summed E-state index contributed by atoms with van der Waals surface area (Å²) in [6, 6.07) is 12.4. The fourth-order valence-corrected chi connectivity index (χ4v) is 3.68. The van der Waals surface area contributed by atoms with Crippen LogP contribution in [0.1, 0.15) is 22.9 Å². The number of nitrogens with zero attached hydrogens (tertiary/aromatic N) is 2. The molecule has 5 nitrogen and oxygen atoms in total. The molecule has 4 rings (SSSR count). The van der Waals surface area contributed by atoms with E-state index in [4.69, 9.17) is 4.74 Å². The second kappa shape index (κ2) is 5.91. The summed E-state index contributed by atoms with van der Waals surface area (Å²) in [6.07, 6.45) is 2.07. The Morgan fingerprint density at radius 2 is 1.87 bits per heavy atom. The van der Waals surface area contributed by atoms with Crippen molar-refractivity contribution in [2.45, 2.75) is 37.9 Å². The Bertz CT molecular complexity index is 746. The van der Waals surface area contributed by atoms with Crippen molar-refractivity contribution in [3.05, 3.63) is 63.6 Å². The number of fused-ring (bicyclic) bond motifs is 1. The van der Waals surface area contributed by atoms with E-state index in [0.717, 1.165) is 18.5 Å².